The highest BCUT2D eigenvalue weighted by molar-refractivity contribution is 7.47. The van der Waals surface area contributed by atoms with Gasteiger partial charge in [-0.2, -0.15) is 0 Å². The molecule has 0 saturated heterocycles. The predicted octanol–water partition coefficient (Wildman–Crippen LogP) is 17.0. The number of carbonyl (C=O) groups is 1. The van der Waals surface area contributed by atoms with Crippen molar-refractivity contribution >= 4 is 13.7 Å². The maximum Gasteiger partial charge on any atom is 0.472 e. The number of aliphatic hydroxyl groups is 1. The molecule has 9 heteroatoms. The van der Waals surface area contributed by atoms with Crippen LogP contribution in [-0.2, 0) is 18.4 Å². The Bertz CT molecular complexity index is 1170. The van der Waals surface area contributed by atoms with E-state index in [4.69, 9.17) is 9.05 Å². The van der Waals surface area contributed by atoms with Crippen molar-refractivity contribution in [3.8, 4) is 0 Å². The van der Waals surface area contributed by atoms with E-state index in [1.807, 2.05) is 21.1 Å². The van der Waals surface area contributed by atoms with Gasteiger partial charge in [-0.25, -0.2) is 4.57 Å². The van der Waals surface area contributed by atoms with Crippen LogP contribution >= 0.6 is 7.82 Å². The molecule has 0 spiro atoms. The van der Waals surface area contributed by atoms with Crippen LogP contribution in [0.1, 0.15) is 271 Å². The first kappa shape index (κ1) is 64.7. The number of phosphoric ester groups is 1. The van der Waals surface area contributed by atoms with Crippen LogP contribution in [0, 0.1) is 0 Å². The molecule has 3 N–H and O–H groups in total. The highest BCUT2D eigenvalue weighted by Crippen LogP contribution is 2.43. The first-order valence-electron chi connectivity index (χ1n) is 28.4. The summed E-state index contributed by atoms with van der Waals surface area (Å²) in [5, 5.41) is 14.0. The Hall–Kier alpha value is -1.28. The Morgan fingerprint density at radius 1 is 0.515 bits per heavy atom. The number of carbonyl (C=O) groups excluding carboxylic acids is 1. The van der Waals surface area contributed by atoms with Gasteiger partial charge in [0.1, 0.15) is 13.2 Å². The van der Waals surface area contributed by atoms with E-state index in [1.165, 1.54) is 193 Å². The summed E-state index contributed by atoms with van der Waals surface area (Å²) in [4.78, 5) is 23.3. The average Bonchev–Trinajstić information content (AvgIpc) is 3.28. The van der Waals surface area contributed by atoms with Crippen molar-refractivity contribution < 1.29 is 32.9 Å². The quantitative estimate of drug-likeness (QED) is 0.0243. The molecule has 66 heavy (non-hydrogen) atoms. The number of unbranched alkanes of at least 4 members (excludes halogenated alkanes) is 33. The van der Waals surface area contributed by atoms with Crippen molar-refractivity contribution in [2.45, 2.75) is 283 Å². The zero-order chi connectivity index (χ0) is 48.5. The van der Waals surface area contributed by atoms with Gasteiger partial charge in [0.15, 0.2) is 0 Å². The van der Waals surface area contributed by atoms with Gasteiger partial charge in [-0.3, -0.25) is 13.8 Å². The van der Waals surface area contributed by atoms with Gasteiger partial charge >= 0.3 is 7.82 Å². The number of nitrogens with zero attached hydrogens (tertiary/aromatic N) is 1. The maximum absolute atomic E-state index is 13.0. The SMILES string of the molecule is CCCCCCC/C=C\C/C=C\C/C=C\CCCCCCCCCCCCCCCCCCC(=O)NC(COP(=O)(O)OCC[N+](C)(C)C)C(O)CCCCCCCCCCCCCCC. The number of hydrogen-bond acceptors (Lipinski definition) is 5. The molecule has 0 aliphatic rings. The van der Waals surface area contributed by atoms with E-state index in [0.29, 0.717) is 23.9 Å². The standard InChI is InChI=1S/C57H111N2O6P/c1-6-8-10-12-14-16-18-20-21-22-23-24-25-26-27-28-29-30-31-32-33-34-35-36-37-39-41-43-45-47-49-51-57(61)58-55(54-65-66(62,63)64-53-52-59(3,4)5)56(60)50-48-46-44-42-40-38-19-17-15-13-11-9-7-2/h18,20,22-23,25-26,55-56,60H,6-17,19,21,24,27-54H2,1-5H3,(H-,58,61,62,63)/p+1/b20-18-,23-22-,26-25-. The number of hydrogen-bond donors (Lipinski definition) is 3. The number of phosphoric acid groups is 1. The average molecular weight is 953 g/mol. The number of quaternary nitrogens is 1. The van der Waals surface area contributed by atoms with E-state index in [1.54, 1.807) is 0 Å². The van der Waals surface area contributed by atoms with Crippen molar-refractivity contribution in [2.75, 3.05) is 40.9 Å². The number of amides is 1. The van der Waals surface area contributed by atoms with Gasteiger partial charge in [-0.1, -0.05) is 249 Å². The Balaban J connectivity index is 4.03. The number of aliphatic hydroxyl groups excluding tert-OH is 1. The van der Waals surface area contributed by atoms with E-state index in [9.17, 15) is 19.4 Å². The third-order valence-electron chi connectivity index (χ3n) is 12.9. The van der Waals surface area contributed by atoms with Crippen molar-refractivity contribution in [3.05, 3.63) is 36.5 Å². The number of likely N-dealkylation sites (N-methyl/N-ethyl adjacent to an activating group) is 1. The molecule has 0 aliphatic carbocycles. The summed E-state index contributed by atoms with van der Waals surface area (Å²) >= 11 is 0. The van der Waals surface area contributed by atoms with E-state index < -0.39 is 20.0 Å². The summed E-state index contributed by atoms with van der Waals surface area (Å²) in [7, 11) is 1.62. The summed E-state index contributed by atoms with van der Waals surface area (Å²) in [5.41, 5.74) is 0. The van der Waals surface area contributed by atoms with Gasteiger partial charge in [0, 0.05) is 6.42 Å². The lowest BCUT2D eigenvalue weighted by atomic mass is 10.0. The number of rotatable bonds is 52. The van der Waals surface area contributed by atoms with Crippen LogP contribution in [0.5, 0.6) is 0 Å². The number of allylic oxidation sites excluding steroid dienone is 6. The van der Waals surface area contributed by atoms with E-state index in [2.05, 4.69) is 55.6 Å². The van der Waals surface area contributed by atoms with Crippen LogP contribution in [-0.4, -0.2) is 73.4 Å². The molecular formula is C57H112N2O6P+. The molecule has 0 radical (unpaired) electrons. The molecule has 0 saturated carbocycles. The van der Waals surface area contributed by atoms with E-state index >= 15 is 0 Å². The van der Waals surface area contributed by atoms with Gasteiger partial charge in [0.2, 0.25) is 5.91 Å². The highest BCUT2D eigenvalue weighted by atomic mass is 31.2. The number of nitrogens with one attached hydrogen (secondary N) is 1. The third kappa shape index (κ3) is 50.6. The minimum Gasteiger partial charge on any atom is -0.391 e. The molecular weight excluding hydrogens is 840 g/mol. The van der Waals surface area contributed by atoms with E-state index in [0.717, 1.165) is 51.4 Å². The molecule has 0 bridgehead atoms. The maximum atomic E-state index is 13.0. The lowest BCUT2D eigenvalue weighted by Gasteiger charge is -2.26. The normalized spacial score (nSPS) is 14.2. The fraction of sp³-hybridized carbons (Fsp3) is 0.877. The smallest absolute Gasteiger partial charge is 0.391 e. The molecule has 3 atom stereocenters. The van der Waals surface area contributed by atoms with Crippen LogP contribution in [0.15, 0.2) is 36.5 Å². The summed E-state index contributed by atoms with van der Waals surface area (Å²) < 4.78 is 23.7. The van der Waals surface area contributed by atoms with E-state index in [-0.39, 0.29) is 19.1 Å². The predicted molar refractivity (Wildman–Crippen MR) is 286 cm³/mol. The molecule has 0 aliphatic heterocycles. The summed E-state index contributed by atoms with van der Waals surface area (Å²) in [5.74, 6) is -0.143. The molecule has 0 fully saturated rings. The Kier molecular flexibility index (Phi) is 47.8. The first-order chi connectivity index (χ1) is 32.0. The molecule has 0 aromatic rings. The fourth-order valence-corrected chi connectivity index (χ4v) is 9.14. The molecule has 1 amide bonds. The second kappa shape index (κ2) is 48.7. The first-order valence-corrected chi connectivity index (χ1v) is 29.8. The highest BCUT2D eigenvalue weighted by Gasteiger charge is 2.28. The lowest BCUT2D eigenvalue weighted by molar-refractivity contribution is -0.870. The molecule has 0 aromatic carbocycles. The van der Waals surface area contributed by atoms with Gasteiger partial charge < -0.3 is 19.8 Å². The molecule has 0 rings (SSSR count). The molecule has 0 heterocycles. The summed E-state index contributed by atoms with van der Waals surface area (Å²) in [6.45, 7) is 4.89. The Morgan fingerprint density at radius 3 is 1.26 bits per heavy atom. The fourth-order valence-electron chi connectivity index (χ4n) is 8.41. The summed E-state index contributed by atoms with van der Waals surface area (Å²) in [6.07, 6.45) is 62.0. The van der Waals surface area contributed by atoms with Gasteiger partial charge in [0.25, 0.3) is 0 Å². The zero-order valence-electron chi connectivity index (χ0n) is 44.4. The van der Waals surface area contributed by atoms with Crippen LogP contribution in [0.25, 0.3) is 0 Å². The third-order valence-corrected chi connectivity index (χ3v) is 13.9. The Labute approximate surface area is 410 Å². The molecule has 8 nitrogen and oxygen atoms in total. The van der Waals surface area contributed by atoms with Gasteiger partial charge in [-0.15, -0.1) is 0 Å². The minimum atomic E-state index is -4.32. The van der Waals surface area contributed by atoms with Gasteiger partial charge in [-0.05, 0) is 51.4 Å². The molecule has 0 aromatic heterocycles. The van der Waals surface area contributed by atoms with Crippen molar-refractivity contribution in [1.29, 1.82) is 0 Å². The monoisotopic (exact) mass is 952 g/mol. The lowest BCUT2D eigenvalue weighted by Crippen LogP contribution is -2.46. The van der Waals surface area contributed by atoms with Crippen LogP contribution < -0.4 is 5.32 Å². The van der Waals surface area contributed by atoms with Crippen LogP contribution in [0.3, 0.4) is 0 Å². The van der Waals surface area contributed by atoms with Crippen LogP contribution in [0.4, 0.5) is 0 Å². The molecule has 390 valence electrons. The Morgan fingerprint density at radius 2 is 0.864 bits per heavy atom. The summed E-state index contributed by atoms with van der Waals surface area (Å²) in [6, 6.07) is -0.759. The second-order valence-corrected chi connectivity index (χ2v) is 22.1. The molecule has 3 unspecified atom stereocenters. The topological polar surface area (TPSA) is 105 Å². The second-order valence-electron chi connectivity index (χ2n) is 20.7. The van der Waals surface area contributed by atoms with Crippen molar-refractivity contribution in [1.82, 2.24) is 5.32 Å². The van der Waals surface area contributed by atoms with Crippen LogP contribution in [0.2, 0.25) is 0 Å². The van der Waals surface area contributed by atoms with Gasteiger partial charge in [0.05, 0.1) is 39.9 Å². The van der Waals surface area contributed by atoms with Crippen molar-refractivity contribution in [2.24, 2.45) is 0 Å². The zero-order valence-corrected chi connectivity index (χ0v) is 45.3. The van der Waals surface area contributed by atoms with Crippen molar-refractivity contribution in [3.63, 3.8) is 0 Å². The minimum absolute atomic E-state index is 0.0756. The largest absolute Gasteiger partial charge is 0.472 e.